The Morgan fingerprint density at radius 3 is 2.42 bits per heavy atom. The minimum Gasteiger partial charge on any atom is -0.497 e. The Morgan fingerprint density at radius 1 is 1.09 bits per heavy atom. The summed E-state index contributed by atoms with van der Waals surface area (Å²) >= 11 is 0. The number of allylic oxidation sites excluding steroid dienone is 2. The van der Waals surface area contributed by atoms with E-state index >= 15 is 0 Å². The van der Waals surface area contributed by atoms with E-state index in [2.05, 4.69) is 4.90 Å². The lowest BCUT2D eigenvalue weighted by atomic mass is 10.1. The van der Waals surface area contributed by atoms with Gasteiger partial charge in [0.2, 0.25) is 5.96 Å². The maximum Gasteiger partial charge on any atom is 0.328 e. The van der Waals surface area contributed by atoms with Gasteiger partial charge in [-0.3, -0.25) is 19.4 Å². The summed E-state index contributed by atoms with van der Waals surface area (Å²) in [6.07, 6.45) is -0.665. The number of esters is 1. The topological polar surface area (TPSA) is 95.0 Å². The molecule has 3 aliphatic rings. The van der Waals surface area contributed by atoms with E-state index in [1.807, 2.05) is 43.0 Å². The zero-order chi connectivity index (χ0) is 23.9. The predicted molar refractivity (Wildman–Crippen MR) is 120 cm³/mol. The third-order valence-corrected chi connectivity index (χ3v) is 6.35. The fraction of sp³-hybridized carbons (Fsp3) is 0.478. The van der Waals surface area contributed by atoms with Crippen LogP contribution in [0.3, 0.4) is 0 Å². The van der Waals surface area contributed by atoms with E-state index in [1.165, 1.54) is 4.90 Å². The molecule has 10 nitrogen and oxygen atoms in total. The summed E-state index contributed by atoms with van der Waals surface area (Å²) in [7, 11) is 3.26. The number of rotatable bonds is 7. The summed E-state index contributed by atoms with van der Waals surface area (Å²) < 4.78 is 10.2. The molecule has 1 aromatic carbocycles. The van der Waals surface area contributed by atoms with Crippen molar-refractivity contribution in [2.45, 2.75) is 45.9 Å². The number of hydrogen-bond donors (Lipinski definition) is 0. The number of methoxy groups -OCH3 is 1. The van der Waals surface area contributed by atoms with Crippen molar-refractivity contribution in [2.24, 2.45) is 4.99 Å². The second kappa shape index (κ2) is 8.76. The number of guanidine groups is 1. The average molecular weight is 456 g/mol. The molecule has 3 aliphatic heterocycles. The first-order chi connectivity index (χ1) is 15.8. The maximum atomic E-state index is 13.4. The maximum absolute atomic E-state index is 13.4. The largest absolute Gasteiger partial charge is 0.497 e. The number of nitrogens with zero attached hydrogens (tertiary/aromatic N) is 5. The molecular formula is C23H29N5O5. The highest BCUT2D eigenvalue weighted by atomic mass is 16.5. The Bertz CT molecular complexity index is 1030. The van der Waals surface area contributed by atoms with Gasteiger partial charge in [0.1, 0.15) is 5.75 Å². The van der Waals surface area contributed by atoms with Crippen LogP contribution in [-0.2, 0) is 20.9 Å². The fourth-order valence-electron chi connectivity index (χ4n) is 4.43. The van der Waals surface area contributed by atoms with Crippen LogP contribution in [-0.4, -0.2) is 83.0 Å². The van der Waals surface area contributed by atoms with E-state index in [0.29, 0.717) is 12.5 Å². The van der Waals surface area contributed by atoms with E-state index in [9.17, 15) is 14.4 Å². The molecule has 0 aromatic heterocycles. The number of amides is 3. The minimum absolute atomic E-state index is 0.0233. The third-order valence-electron chi connectivity index (χ3n) is 6.35. The molecule has 1 saturated heterocycles. The van der Waals surface area contributed by atoms with Gasteiger partial charge in [-0.05, 0) is 38.5 Å². The molecule has 33 heavy (non-hydrogen) atoms. The summed E-state index contributed by atoms with van der Waals surface area (Å²) in [6, 6.07) is 6.66. The van der Waals surface area contributed by atoms with Crippen LogP contribution in [0.25, 0.3) is 0 Å². The Morgan fingerprint density at radius 2 is 1.79 bits per heavy atom. The highest BCUT2D eigenvalue weighted by Crippen LogP contribution is 2.38. The van der Waals surface area contributed by atoms with Gasteiger partial charge in [0.05, 0.1) is 26.7 Å². The van der Waals surface area contributed by atoms with E-state index in [4.69, 9.17) is 14.5 Å². The molecule has 4 rings (SSSR count). The second-order valence-corrected chi connectivity index (χ2v) is 8.20. The Balaban J connectivity index is 1.58. The van der Waals surface area contributed by atoms with Crippen LogP contribution in [0, 0.1) is 0 Å². The third kappa shape index (κ3) is 3.79. The molecule has 1 fully saturated rings. The number of carbonyl (C=O) groups is 3. The quantitative estimate of drug-likeness (QED) is 0.580. The van der Waals surface area contributed by atoms with Crippen molar-refractivity contribution >= 4 is 23.9 Å². The van der Waals surface area contributed by atoms with Crippen molar-refractivity contribution in [1.29, 1.82) is 0 Å². The van der Waals surface area contributed by atoms with Gasteiger partial charge in [-0.1, -0.05) is 12.1 Å². The summed E-state index contributed by atoms with van der Waals surface area (Å²) in [5.41, 5.74) is 2.97. The molecule has 2 atom stereocenters. The van der Waals surface area contributed by atoms with Crippen LogP contribution in [0.15, 0.2) is 40.7 Å². The number of hydrogen-bond acceptors (Lipinski definition) is 8. The average Bonchev–Trinajstić information content (AvgIpc) is 3.30. The number of ether oxygens (including phenoxy) is 2. The van der Waals surface area contributed by atoms with Crippen LogP contribution < -0.4 is 4.74 Å². The van der Waals surface area contributed by atoms with Gasteiger partial charge in [-0.25, -0.2) is 9.79 Å². The van der Waals surface area contributed by atoms with Gasteiger partial charge in [0.15, 0.2) is 12.2 Å². The molecule has 0 bridgehead atoms. The van der Waals surface area contributed by atoms with Crippen LogP contribution in [0.5, 0.6) is 5.75 Å². The SMILES string of the molecule is CCOC(=O)CCN1C(=O)C2C(N=C3N(Cc4ccc(OC)cc4)C(C)=C(C)N32)N(C)C1=O. The monoisotopic (exact) mass is 455 g/mol. The zero-order valence-corrected chi connectivity index (χ0v) is 19.6. The molecule has 3 amide bonds. The number of aliphatic imine (C=N–C) groups is 1. The van der Waals surface area contributed by atoms with Crippen LogP contribution >= 0.6 is 0 Å². The van der Waals surface area contributed by atoms with Gasteiger partial charge in [-0.2, -0.15) is 0 Å². The van der Waals surface area contributed by atoms with Gasteiger partial charge in [-0.15, -0.1) is 0 Å². The smallest absolute Gasteiger partial charge is 0.328 e. The first-order valence-electron chi connectivity index (χ1n) is 11.0. The normalized spacial score (nSPS) is 22.0. The number of benzene rings is 1. The molecule has 1 aromatic rings. The Kier molecular flexibility index (Phi) is 6.01. The summed E-state index contributed by atoms with van der Waals surface area (Å²) in [5.74, 6) is 0.633. The minimum atomic E-state index is -0.666. The number of likely N-dealkylation sites (N-methyl/N-ethyl adjacent to an activating group) is 1. The van der Waals surface area contributed by atoms with Crippen molar-refractivity contribution in [1.82, 2.24) is 19.6 Å². The molecule has 0 saturated carbocycles. The van der Waals surface area contributed by atoms with Crippen LogP contribution in [0.4, 0.5) is 4.79 Å². The summed E-state index contributed by atoms with van der Waals surface area (Å²) in [4.78, 5) is 49.5. The lowest BCUT2D eigenvalue weighted by molar-refractivity contribution is -0.144. The molecule has 0 aliphatic carbocycles. The van der Waals surface area contributed by atoms with Crippen molar-refractivity contribution < 1.29 is 23.9 Å². The van der Waals surface area contributed by atoms with E-state index in [-0.39, 0.29) is 25.5 Å². The molecule has 0 radical (unpaired) electrons. The van der Waals surface area contributed by atoms with E-state index < -0.39 is 24.2 Å². The van der Waals surface area contributed by atoms with Gasteiger partial charge in [0, 0.05) is 25.0 Å². The van der Waals surface area contributed by atoms with E-state index in [1.54, 1.807) is 21.1 Å². The molecule has 176 valence electrons. The second-order valence-electron chi connectivity index (χ2n) is 8.20. The van der Waals surface area contributed by atoms with Crippen LogP contribution in [0.2, 0.25) is 0 Å². The van der Waals surface area contributed by atoms with Crippen molar-refractivity contribution in [3.63, 3.8) is 0 Å². The Labute approximate surface area is 193 Å². The standard InChI is InChI=1S/C23H29N5O5/c1-6-33-18(29)11-12-26-21(30)19-20(25(4)23(26)31)24-22-27(14(2)15(3)28(19)22)13-16-7-9-17(32-5)10-8-16/h7-10,19-20H,6,11-13H2,1-5H3. The van der Waals surface area contributed by atoms with Crippen molar-refractivity contribution in [2.75, 3.05) is 27.3 Å². The first-order valence-corrected chi connectivity index (χ1v) is 11.0. The Hall–Kier alpha value is -3.56. The lowest BCUT2D eigenvalue weighted by Crippen LogP contribution is -2.64. The fourth-order valence-corrected chi connectivity index (χ4v) is 4.43. The molecule has 10 heteroatoms. The molecular weight excluding hydrogens is 426 g/mol. The number of fused-ring (bicyclic) bond motifs is 3. The van der Waals surface area contributed by atoms with Gasteiger partial charge >= 0.3 is 12.0 Å². The van der Waals surface area contributed by atoms with Gasteiger partial charge in [0.25, 0.3) is 5.91 Å². The summed E-state index contributed by atoms with van der Waals surface area (Å²) in [6.45, 7) is 6.46. The summed E-state index contributed by atoms with van der Waals surface area (Å²) in [5, 5.41) is 0. The lowest BCUT2D eigenvalue weighted by Gasteiger charge is -2.40. The number of imide groups is 1. The van der Waals surface area contributed by atoms with E-state index in [0.717, 1.165) is 27.6 Å². The zero-order valence-electron chi connectivity index (χ0n) is 19.6. The van der Waals surface area contributed by atoms with Crippen molar-refractivity contribution in [3.8, 4) is 5.75 Å². The van der Waals surface area contributed by atoms with Crippen molar-refractivity contribution in [3.05, 3.63) is 41.2 Å². The number of carbonyl (C=O) groups excluding carboxylic acids is 3. The molecule has 3 heterocycles. The first kappa shape index (κ1) is 22.6. The predicted octanol–water partition coefficient (Wildman–Crippen LogP) is 1.98. The van der Waals surface area contributed by atoms with Crippen LogP contribution in [0.1, 0.15) is 32.8 Å². The molecule has 0 N–H and O–H groups in total. The number of urea groups is 1. The van der Waals surface area contributed by atoms with Gasteiger partial charge < -0.3 is 19.3 Å². The molecule has 2 unspecified atom stereocenters. The highest BCUT2D eigenvalue weighted by molar-refractivity contribution is 6.05. The molecule has 0 spiro atoms. The highest BCUT2D eigenvalue weighted by Gasteiger charge is 2.55.